The normalized spacial score (nSPS) is 25.6. The van der Waals surface area contributed by atoms with Crippen molar-refractivity contribution in [2.75, 3.05) is 37.6 Å². The molecule has 0 saturated carbocycles. The highest BCUT2D eigenvalue weighted by Crippen LogP contribution is 2.24. The zero-order valence-corrected chi connectivity index (χ0v) is 11.2. The van der Waals surface area contributed by atoms with Crippen molar-refractivity contribution < 1.29 is 0 Å². The van der Waals surface area contributed by atoms with Crippen molar-refractivity contribution in [2.24, 2.45) is 5.92 Å². The maximum Gasteiger partial charge on any atom is 0.0366 e. The highest BCUT2D eigenvalue weighted by Gasteiger charge is 2.24. The highest BCUT2D eigenvalue weighted by atomic mass is 15.2. The van der Waals surface area contributed by atoms with Gasteiger partial charge in [-0.15, -0.1) is 0 Å². The first-order chi connectivity index (χ1) is 8.92. The Balaban J connectivity index is 1.52. The van der Waals surface area contributed by atoms with E-state index in [4.69, 9.17) is 0 Å². The highest BCUT2D eigenvalue weighted by molar-refractivity contribution is 5.46. The van der Waals surface area contributed by atoms with Crippen molar-refractivity contribution in [1.29, 1.82) is 0 Å². The molecule has 98 valence electrons. The summed E-state index contributed by atoms with van der Waals surface area (Å²) in [5.74, 6) is 0.878. The number of hydrogen-bond donors (Lipinski definition) is 0. The predicted molar refractivity (Wildman–Crippen MR) is 77.1 cm³/mol. The topological polar surface area (TPSA) is 6.48 Å². The molecular weight excluding hydrogens is 220 g/mol. The molecule has 2 heteroatoms. The largest absolute Gasteiger partial charge is 0.371 e. The van der Waals surface area contributed by atoms with Crippen LogP contribution in [0.25, 0.3) is 0 Å². The van der Waals surface area contributed by atoms with Crippen LogP contribution in [0.2, 0.25) is 0 Å². The number of piperidine rings is 1. The number of likely N-dealkylation sites (tertiary alicyclic amines) is 1. The van der Waals surface area contributed by atoms with E-state index in [9.17, 15) is 0 Å². The summed E-state index contributed by atoms with van der Waals surface area (Å²) >= 11 is 0. The van der Waals surface area contributed by atoms with Gasteiger partial charge in [0, 0.05) is 25.3 Å². The van der Waals surface area contributed by atoms with Gasteiger partial charge in [-0.2, -0.15) is 0 Å². The van der Waals surface area contributed by atoms with Gasteiger partial charge < -0.3 is 9.80 Å². The maximum atomic E-state index is 2.68. The van der Waals surface area contributed by atoms with E-state index in [2.05, 4.69) is 40.1 Å². The van der Waals surface area contributed by atoms with Crippen LogP contribution in [0, 0.1) is 5.92 Å². The molecule has 1 unspecified atom stereocenters. The van der Waals surface area contributed by atoms with Crippen LogP contribution < -0.4 is 4.90 Å². The van der Waals surface area contributed by atoms with Crippen LogP contribution in [0.3, 0.4) is 0 Å². The molecular formula is C16H24N2. The maximum absolute atomic E-state index is 2.68. The van der Waals surface area contributed by atoms with Gasteiger partial charge in [0.2, 0.25) is 0 Å². The molecule has 1 aromatic rings. The molecule has 2 nitrogen and oxygen atoms in total. The van der Waals surface area contributed by atoms with Crippen molar-refractivity contribution in [3.05, 3.63) is 30.3 Å². The van der Waals surface area contributed by atoms with Gasteiger partial charge in [-0.05, 0) is 50.4 Å². The van der Waals surface area contributed by atoms with E-state index in [1.54, 1.807) is 0 Å². The summed E-state index contributed by atoms with van der Waals surface area (Å²) in [7, 11) is 0. The van der Waals surface area contributed by atoms with Crippen LogP contribution in [-0.4, -0.2) is 37.6 Å². The molecule has 0 aromatic heterocycles. The molecule has 0 radical (unpaired) electrons. The molecule has 18 heavy (non-hydrogen) atoms. The van der Waals surface area contributed by atoms with Crippen LogP contribution in [-0.2, 0) is 0 Å². The van der Waals surface area contributed by atoms with Gasteiger partial charge in [0.15, 0.2) is 0 Å². The fourth-order valence-corrected chi connectivity index (χ4v) is 3.36. The summed E-state index contributed by atoms with van der Waals surface area (Å²) in [6.45, 7) is 6.48. The second kappa shape index (κ2) is 5.75. The average molecular weight is 244 g/mol. The molecule has 0 amide bonds. The molecule has 0 bridgehead atoms. The summed E-state index contributed by atoms with van der Waals surface area (Å²) in [5, 5.41) is 0. The van der Waals surface area contributed by atoms with Gasteiger partial charge in [-0.3, -0.25) is 0 Å². The van der Waals surface area contributed by atoms with Crippen LogP contribution in [0.5, 0.6) is 0 Å². The second-order valence-corrected chi connectivity index (χ2v) is 5.80. The lowest BCUT2D eigenvalue weighted by molar-refractivity contribution is 0.201. The van der Waals surface area contributed by atoms with Gasteiger partial charge in [0.25, 0.3) is 0 Å². The Hall–Kier alpha value is -1.02. The smallest absolute Gasteiger partial charge is 0.0366 e. The van der Waals surface area contributed by atoms with E-state index in [1.807, 2.05) is 0 Å². The number of para-hydroxylation sites is 1. The lowest BCUT2D eigenvalue weighted by Gasteiger charge is -2.29. The van der Waals surface area contributed by atoms with Crippen LogP contribution in [0.1, 0.15) is 25.7 Å². The van der Waals surface area contributed by atoms with Crippen molar-refractivity contribution in [1.82, 2.24) is 4.90 Å². The molecule has 1 aromatic carbocycles. The van der Waals surface area contributed by atoms with Gasteiger partial charge in [-0.25, -0.2) is 0 Å². The van der Waals surface area contributed by atoms with E-state index >= 15 is 0 Å². The first-order valence-corrected chi connectivity index (χ1v) is 7.44. The first kappa shape index (κ1) is 12.0. The van der Waals surface area contributed by atoms with E-state index in [-0.39, 0.29) is 0 Å². The summed E-state index contributed by atoms with van der Waals surface area (Å²) < 4.78 is 0. The molecule has 0 spiro atoms. The monoisotopic (exact) mass is 244 g/mol. The quantitative estimate of drug-likeness (QED) is 0.806. The van der Waals surface area contributed by atoms with Crippen molar-refractivity contribution in [3.8, 4) is 0 Å². The fraction of sp³-hybridized carbons (Fsp3) is 0.625. The van der Waals surface area contributed by atoms with Crippen molar-refractivity contribution in [3.63, 3.8) is 0 Å². The zero-order valence-electron chi connectivity index (χ0n) is 11.2. The minimum Gasteiger partial charge on any atom is -0.371 e. The van der Waals surface area contributed by atoms with Crippen LogP contribution in [0.4, 0.5) is 5.69 Å². The molecule has 0 N–H and O–H groups in total. The second-order valence-electron chi connectivity index (χ2n) is 5.80. The van der Waals surface area contributed by atoms with E-state index in [0.29, 0.717) is 0 Å². The molecule has 1 atom stereocenters. The fourth-order valence-electron chi connectivity index (χ4n) is 3.36. The summed E-state index contributed by atoms with van der Waals surface area (Å²) in [4.78, 5) is 5.23. The Morgan fingerprint density at radius 3 is 2.50 bits per heavy atom. The number of nitrogens with zero attached hydrogens (tertiary/aromatic N) is 2. The summed E-state index contributed by atoms with van der Waals surface area (Å²) in [5.41, 5.74) is 1.40. The van der Waals surface area contributed by atoms with Gasteiger partial charge in [-0.1, -0.05) is 24.6 Å². The van der Waals surface area contributed by atoms with E-state index < -0.39 is 0 Å². The third kappa shape index (κ3) is 2.86. The standard InChI is InChI=1S/C16H24N2/c1-3-7-16(8-4-1)18-12-9-15(14-18)13-17-10-5-2-6-11-17/h1,3-4,7-8,15H,2,5-6,9-14H2. The molecule has 2 aliphatic rings. The Labute approximate surface area is 111 Å². The minimum atomic E-state index is 0.878. The number of hydrogen-bond acceptors (Lipinski definition) is 2. The average Bonchev–Trinajstić information content (AvgIpc) is 2.89. The Morgan fingerprint density at radius 2 is 1.72 bits per heavy atom. The summed E-state index contributed by atoms with van der Waals surface area (Å²) in [6, 6.07) is 10.9. The molecule has 0 aliphatic carbocycles. The van der Waals surface area contributed by atoms with E-state index in [1.165, 1.54) is 64.1 Å². The van der Waals surface area contributed by atoms with Gasteiger partial charge in [0.1, 0.15) is 0 Å². The molecule has 2 saturated heterocycles. The number of rotatable bonds is 3. The molecule has 2 fully saturated rings. The third-order valence-corrected chi connectivity index (χ3v) is 4.37. The number of benzene rings is 1. The lowest BCUT2D eigenvalue weighted by Crippen LogP contribution is -2.35. The Morgan fingerprint density at radius 1 is 0.944 bits per heavy atom. The third-order valence-electron chi connectivity index (χ3n) is 4.37. The van der Waals surface area contributed by atoms with Crippen molar-refractivity contribution in [2.45, 2.75) is 25.7 Å². The molecule has 2 heterocycles. The van der Waals surface area contributed by atoms with E-state index in [0.717, 1.165) is 5.92 Å². The van der Waals surface area contributed by atoms with Crippen LogP contribution in [0.15, 0.2) is 30.3 Å². The number of anilines is 1. The zero-order chi connectivity index (χ0) is 12.2. The molecule has 3 rings (SSSR count). The summed E-state index contributed by atoms with van der Waals surface area (Å²) in [6.07, 6.45) is 5.63. The van der Waals surface area contributed by atoms with Gasteiger partial charge in [0.05, 0.1) is 0 Å². The molecule has 2 aliphatic heterocycles. The Kier molecular flexibility index (Phi) is 3.84. The van der Waals surface area contributed by atoms with Crippen molar-refractivity contribution >= 4 is 5.69 Å². The van der Waals surface area contributed by atoms with Crippen LogP contribution >= 0.6 is 0 Å². The lowest BCUT2D eigenvalue weighted by atomic mass is 10.1. The van der Waals surface area contributed by atoms with Gasteiger partial charge >= 0.3 is 0 Å². The first-order valence-electron chi connectivity index (χ1n) is 7.44. The Bertz CT molecular complexity index is 357. The SMILES string of the molecule is c1ccc(N2CCC(CN3CCCCC3)C2)cc1. The minimum absolute atomic E-state index is 0.878. The predicted octanol–water partition coefficient (Wildman–Crippen LogP) is 3.00.